The maximum absolute atomic E-state index is 11.9. The second-order valence-corrected chi connectivity index (χ2v) is 4.72. The van der Waals surface area contributed by atoms with Crippen LogP contribution in [-0.2, 0) is 11.3 Å². The Morgan fingerprint density at radius 3 is 2.63 bits per heavy atom. The third-order valence-electron chi connectivity index (χ3n) is 2.53. The van der Waals surface area contributed by atoms with Crippen LogP contribution in [0, 0.1) is 11.3 Å². The van der Waals surface area contributed by atoms with Gasteiger partial charge < -0.3 is 4.74 Å². The number of benzene rings is 2. The number of rotatable bonds is 3. The molecule has 0 saturated heterocycles. The summed E-state index contributed by atoms with van der Waals surface area (Å²) >= 11 is 3.28. The summed E-state index contributed by atoms with van der Waals surface area (Å²) in [5, 5.41) is 8.83. The molecule has 3 nitrogen and oxygen atoms in total. The number of nitriles is 1. The van der Waals surface area contributed by atoms with E-state index in [0.717, 1.165) is 5.56 Å². The molecule has 2 aromatic rings. The van der Waals surface area contributed by atoms with Crippen molar-refractivity contribution in [1.82, 2.24) is 0 Å². The SMILES string of the molecule is N#Cc1ccc(Br)c(C(=O)OCc2ccccc2)c1. The summed E-state index contributed by atoms with van der Waals surface area (Å²) in [6.45, 7) is 0.211. The minimum absolute atomic E-state index is 0.211. The summed E-state index contributed by atoms with van der Waals surface area (Å²) in [6.07, 6.45) is 0. The molecule has 4 heteroatoms. The number of carbonyl (C=O) groups excluding carboxylic acids is 1. The quantitative estimate of drug-likeness (QED) is 0.812. The third-order valence-corrected chi connectivity index (χ3v) is 3.22. The first-order valence-electron chi connectivity index (χ1n) is 5.61. The highest BCUT2D eigenvalue weighted by Crippen LogP contribution is 2.19. The summed E-state index contributed by atoms with van der Waals surface area (Å²) < 4.78 is 5.83. The molecule has 0 aliphatic carbocycles. The smallest absolute Gasteiger partial charge is 0.339 e. The Balaban J connectivity index is 2.10. The fourth-order valence-electron chi connectivity index (χ4n) is 1.55. The van der Waals surface area contributed by atoms with E-state index >= 15 is 0 Å². The zero-order valence-electron chi connectivity index (χ0n) is 9.97. The van der Waals surface area contributed by atoms with E-state index in [1.165, 1.54) is 6.07 Å². The second-order valence-electron chi connectivity index (χ2n) is 3.87. The van der Waals surface area contributed by atoms with E-state index in [1.54, 1.807) is 12.1 Å². The molecule has 0 radical (unpaired) electrons. The van der Waals surface area contributed by atoms with Gasteiger partial charge in [-0.05, 0) is 39.7 Å². The van der Waals surface area contributed by atoms with Gasteiger partial charge in [0, 0.05) is 4.47 Å². The molecular weight excluding hydrogens is 306 g/mol. The summed E-state index contributed by atoms with van der Waals surface area (Å²) in [4.78, 5) is 11.9. The van der Waals surface area contributed by atoms with Crippen LogP contribution in [0.15, 0.2) is 53.0 Å². The topological polar surface area (TPSA) is 50.1 Å². The van der Waals surface area contributed by atoms with Crippen molar-refractivity contribution in [3.8, 4) is 6.07 Å². The lowest BCUT2D eigenvalue weighted by Crippen LogP contribution is -2.06. The Morgan fingerprint density at radius 1 is 1.21 bits per heavy atom. The molecule has 0 aromatic heterocycles. The van der Waals surface area contributed by atoms with Crippen LogP contribution in [0.3, 0.4) is 0 Å². The molecule has 0 unspecified atom stereocenters. The van der Waals surface area contributed by atoms with Gasteiger partial charge in [-0.2, -0.15) is 5.26 Å². The third kappa shape index (κ3) is 3.43. The maximum atomic E-state index is 11.9. The van der Waals surface area contributed by atoms with Crippen molar-refractivity contribution in [2.45, 2.75) is 6.61 Å². The molecule has 2 rings (SSSR count). The molecule has 0 fully saturated rings. The standard InChI is InChI=1S/C15H10BrNO2/c16-14-7-6-12(9-17)8-13(14)15(18)19-10-11-4-2-1-3-5-11/h1-8H,10H2. The van der Waals surface area contributed by atoms with Crippen LogP contribution in [0.4, 0.5) is 0 Å². The molecule has 0 N–H and O–H groups in total. The van der Waals surface area contributed by atoms with Crippen LogP contribution in [0.1, 0.15) is 21.5 Å². The zero-order valence-corrected chi connectivity index (χ0v) is 11.6. The number of hydrogen-bond donors (Lipinski definition) is 0. The minimum atomic E-state index is -0.451. The summed E-state index contributed by atoms with van der Waals surface area (Å²) in [7, 11) is 0. The van der Waals surface area contributed by atoms with Crippen molar-refractivity contribution in [3.63, 3.8) is 0 Å². The zero-order chi connectivity index (χ0) is 13.7. The van der Waals surface area contributed by atoms with Crippen molar-refractivity contribution < 1.29 is 9.53 Å². The molecule has 2 aromatic carbocycles. The molecular formula is C15H10BrNO2. The van der Waals surface area contributed by atoms with E-state index in [1.807, 2.05) is 36.4 Å². The first-order valence-corrected chi connectivity index (χ1v) is 6.40. The Hall–Kier alpha value is -2.12. The van der Waals surface area contributed by atoms with Crippen molar-refractivity contribution >= 4 is 21.9 Å². The summed E-state index contributed by atoms with van der Waals surface area (Å²) in [6, 6.07) is 16.2. The van der Waals surface area contributed by atoms with Gasteiger partial charge in [-0.1, -0.05) is 30.3 Å². The number of halogens is 1. The van der Waals surface area contributed by atoms with Gasteiger partial charge in [-0.3, -0.25) is 0 Å². The fraction of sp³-hybridized carbons (Fsp3) is 0.0667. The van der Waals surface area contributed by atoms with E-state index < -0.39 is 5.97 Å². The highest BCUT2D eigenvalue weighted by Gasteiger charge is 2.12. The van der Waals surface area contributed by atoms with E-state index in [4.69, 9.17) is 10.00 Å². The van der Waals surface area contributed by atoms with Gasteiger partial charge in [0.2, 0.25) is 0 Å². The minimum Gasteiger partial charge on any atom is -0.457 e. The van der Waals surface area contributed by atoms with Crippen LogP contribution < -0.4 is 0 Å². The van der Waals surface area contributed by atoms with Crippen molar-refractivity contribution in [2.75, 3.05) is 0 Å². The monoisotopic (exact) mass is 315 g/mol. The maximum Gasteiger partial charge on any atom is 0.339 e. The molecule has 94 valence electrons. The molecule has 0 heterocycles. The molecule has 0 atom stereocenters. The number of ether oxygens (including phenoxy) is 1. The molecule has 0 aliphatic heterocycles. The van der Waals surface area contributed by atoms with Gasteiger partial charge in [0.1, 0.15) is 6.61 Å². The predicted octanol–water partition coefficient (Wildman–Crippen LogP) is 3.68. The Morgan fingerprint density at radius 2 is 1.95 bits per heavy atom. The lowest BCUT2D eigenvalue weighted by molar-refractivity contribution is 0.0471. The lowest BCUT2D eigenvalue weighted by Gasteiger charge is -2.06. The number of esters is 1. The van der Waals surface area contributed by atoms with E-state index in [0.29, 0.717) is 15.6 Å². The van der Waals surface area contributed by atoms with E-state index in [2.05, 4.69) is 15.9 Å². The van der Waals surface area contributed by atoms with Crippen LogP contribution in [0.2, 0.25) is 0 Å². The predicted molar refractivity (Wildman–Crippen MR) is 74.4 cm³/mol. The normalized spacial score (nSPS) is 9.68. The average Bonchev–Trinajstić information content (AvgIpc) is 2.46. The Labute approximate surface area is 119 Å². The van der Waals surface area contributed by atoms with Crippen LogP contribution in [0.25, 0.3) is 0 Å². The van der Waals surface area contributed by atoms with E-state index in [-0.39, 0.29) is 6.61 Å². The lowest BCUT2D eigenvalue weighted by atomic mass is 10.1. The largest absolute Gasteiger partial charge is 0.457 e. The average molecular weight is 316 g/mol. The van der Waals surface area contributed by atoms with Gasteiger partial charge in [0.05, 0.1) is 17.2 Å². The van der Waals surface area contributed by atoms with Gasteiger partial charge in [-0.25, -0.2) is 4.79 Å². The molecule has 0 bridgehead atoms. The Kier molecular flexibility index (Phi) is 4.32. The summed E-state index contributed by atoms with van der Waals surface area (Å²) in [5.41, 5.74) is 1.70. The van der Waals surface area contributed by atoms with Gasteiger partial charge in [-0.15, -0.1) is 0 Å². The molecule has 0 aliphatic rings. The van der Waals surface area contributed by atoms with Crippen molar-refractivity contribution in [2.24, 2.45) is 0 Å². The van der Waals surface area contributed by atoms with Gasteiger partial charge >= 0.3 is 5.97 Å². The van der Waals surface area contributed by atoms with Crippen molar-refractivity contribution in [1.29, 1.82) is 5.26 Å². The molecule has 0 spiro atoms. The fourth-order valence-corrected chi connectivity index (χ4v) is 1.96. The molecule has 0 saturated carbocycles. The summed E-state index contributed by atoms with van der Waals surface area (Å²) in [5.74, 6) is -0.451. The number of carbonyl (C=O) groups is 1. The number of hydrogen-bond acceptors (Lipinski definition) is 3. The van der Waals surface area contributed by atoms with Crippen LogP contribution in [-0.4, -0.2) is 5.97 Å². The van der Waals surface area contributed by atoms with Gasteiger partial charge in [0.15, 0.2) is 0 Å². The highest BCUT2D eigenvalue weighted by atomic mass is 79.9. The van der Waals surface area contributed by atoms with Crippen LogP contribution in [0.5, 0.6) is 0 Å². The second kappa shape index (κ2) is 6.17. The van der Waals surface area contributed by atoms with E-state index in [9.17, 15) is 4.79 Å². The van der Waals surface area contributed by atoms with Crippen LogP contribution >= 0.6 is 15.9 Å². The first kappa shape index (κ1) is 13.3. The highest BCUT2D eigenvalue weighted by molar-refractivity contribution is 9.10. The molecule has 0 amide bonds. The van der Waals surface area contributed by atoms with Gasteiger partial charge in [0.25, 0.3) is 0 Å². The molecule has 19 heavy (non-hydrogen) atoms. The Bertz CT molecular complexity index is 632. The first-order chi connectivity index (χ1) is 9.20. The van der Waals surface area contributed by atoms with Crippen molar-refractivity contribution in [3.05, 3.63) is 69.7 Å². The number of nitrogens with zero attached hydrogens (tertiary/aromatic N) is 1.